The largest absolute Gasteiger partial charge is 0.339 e. The van der Waals surface area contributed by atoms with E-state index in [9.17, 15) is 0 Å². The minimum absolute atomic E-state index is 0.206. The Balaban J connectivity index is 1.77. The standard InChI is InChI=1S/C14H15N3O/c1-9-16-13(18-17-9)12-10-4-5-14(12,7-10)11-3-2-6-15-8-11/h2-3,6,8,10,12H,4-5,7H2,1H3. The summed E-state index contributed by atoms with van der Waals surface area (Å²) in [5, 5.41) is 3.94. The number of aryl methyl sites for hydroxylation is 1. The van der Waals surface area contributed by atoms with E-state index in [0.29, 0.717) is 11.8 Å². The van der Waals surface area contributed by atoms with E-state index in [-0.39, 0.29) is 5.41 Å². The first-order valence-corrected chi connectivity index (χ1v) is 6.50. The molecule has 0 spiro atoms. The van der Waals surface area contributed by atoms with Crippen LogP contribution in [0.1, 0.15) is 42.5 Å². The zero-order valence-electron chi connectivity index (χ0n) is 10.3. The van der Waals surface area contributed by atoms with Gasteiger partial charge in [0.2, 0.25) is 5.89 Å². The lowest BCUT2D eigenvalue weighted by molar-refractivity contribution is 0.144. The number of rotatable bonds is 2. The minimum Gasteiger partial charge on any atom is -0.339 e. The summed E-state index contributed by atoms with van der Waals surface area (Å²) in [5.41, 5.74) is 1.54. The molecule has 0 amide bonds. The van der Waals surface area contributed by atoms with Gasteiger partial charge in [-0.15, -0.1) is 0 Å². The summed E-state index contributed by atoms with van der Waals surface area (Å²) in [6.07, 6.45) is 7.55. The van der Waals surface area contributed by atoms with Gasteiger partial charge in [-0.2, -0.15) is 4.98 Å². The Morgan fingerprint density at radius 1 is 1.44 bits per heavy atom. The second-order valence-corrected chi connectivity index (χ2v) is 5.56. The van der Waals surface area contributed by atoms with Crippen molar-refractivity contribution in [2.24, 2.45) is 5.92 Å². The smallest absolute Gasteiger partial charge is 0.230 e. The van der Waals surface area contributed by atoms with Crippen LogP contribution < -0.4 is 0 Å². The lowest BCUT2D eigenvalue weighted by Crippen LogP contribution is -2.42. The Bertz CT molecular complexity index is 576. The Morgan fingerprint density at radius 3 is 3.06 bits per heavy atom. The predicted octanol–water partition coefficient (Wildman–Crippen LogP) is 2.61. The van der Waals surface area contributed by atoms with Crippen LogP contribution in [0.3, 0.4) is 0 Å². The predicted molar refractivity (Wildman–Crippen MR) is 65.0 cm³/mol. The van der Waals surface area contributed by atoms with Crippen LogP contribution in [0.4, 0.5) is 0 Å². The van der Waals surface area contributed by atoms with Crippen LogP contribution in [-0.2, 0) is 5.41 Å². The first-order chi connectivity index (χ1) is 8.79. The SMILES string of the molecule is Cc1noc(C2C3CCC2(c2cccnc2)C3)n1. The maximum absolute atomic E-state index is 5.41. The number of hydrogen-bond acceptors (Lipinski definition) is 4. The Morgan fingerprint density at radius 2 is 2.39 bits per heavy atom. The van der Waals surface area contributed by atoms with Gasteiger partial charge < -0.3 is 4.52 Å². The zero-order valence-corrected chi connectivity index (χ0v) is 10.3. The normalized spacial score (nSPS) is 33.4. The molecule has 3 fully saturated rings. The Labute approximate surface area is 105 Å². The highest BCUT2D eigenvalue weighted by atomic mass is 16.5. The zero-order chi connectivity index (χ0) is 12.2. The second kappa shape index (κ2) is 3.40. The van der Waals surface area contributed by atoms with Crippen LogP contribution >= 0.6 is 0 Å². The fourth-order valence-corrected chi connectivity index (χ4v) is 3.95. The molecule has 0 saturated heterocycles. The van der Waals surface area contributed by atoms with Crippen molar-refractivity contribution in [2.45, 2.75) is 37.5 Å². The van der Waals surface area contributed by atoms with Crippen molar-refractivity contribution in [1.82, 2.24) is 15.1 Å². The second-order valence-electron chi connectivity index (χ2n) is 5.56. The molecule has 5 rings (SSSR count). The molecule has 3 aliphatic carbocycles. The molecule has 2 heterocycles. The monoisotopic (exact) mass is 241 g/mol. The summed E-state index contributed by atoms with van der Waals surface area (Å²) < 4.78 is 5.41. The van der Waals surface area contributed by atoms with Crippen molar-refractivity contribution in [1.29, 1.82) is 0 Å². The molecule has 3 atom stereocenters. The molecule has 4 nitrogen and oxygen atoms in total. The van der Waals surface area contributed by atoms with E-state index in [1.165, 1.54) is 24.8 Å². The lowest BCUT2D eigenvalue weighted by Gasteiger charge is -2.45. The van der Waals surface area contributed by atoms with Gasteiger partial charge in [0.25, 0.3) is 0 Å². The van der Waals surface area contributed by atoms with E-state index >= 15 is 0 Å². The molecule has 0 N–H and O–H groups in total. The van der Waals surface area contributed by atoms with Gasteiger partial charge in [-0.05, 0) is 43.7 Å². The molecule has 0 aromatic carbocycles. The number of nitrogens with zero attached hydrogens (tertiary/aromatic N) is 3. The van der Waals surface area contributed by atoms with Gasteiger partial charge in [-0.3, -0.25) is 4.98 Å². The maximum atomic E-state index is 5.41. The van der Waals surface area contributed by atoms with Crippen LogP contribution in [0, 0.1) is 12.8 Å². The van der Waals surface area contributed by atoms with E-state index in [2.05, 4.69) is 21.2 Å². The van der Waals surface area contributed by atoms with Crippen LogP contribution in [0.25, 0.3) is 0 Å². The van der Waals surface area contributed by atoms with Gasteiger partial charge >= 0.3 is 0 Å². The van der Waals surface area contributed by atoms with Gasteiger partial charge in [-0.25, -0.2) is 0 Å². The Kier molecular flexibility index (Phi) is 1.93. The first-order valence-electron chi connectivity index (χ1n) is 6.50. The molecule has 2 bridgehead atoms. The number of fused-ring (bicyclic) bond motifs is 1. The molecule has 0 aliphatic heterocycles. The average Bonchev–Trinajstić information content (AvgIpc) is 3.05. The fourth-order valence-electron chi connectivity index (χ4n) is 3.95. The van der Waals surface area contributed by atoms with Crippen LogP contribution in [0.2, 0.25) is 0 Å². The summed E-state index contributed by atoms with van der Waals surface area (Å²) in [7, 11) is 0. The molecule has 3 unspecified atom stereocenters. The highest BCUT2D eigenvalue weighted by molar-refractivity contribution is 5.36. The highest BCUT2D eigenvalue weighted by Crippen LogP contribution is 2.67. The lowest BCUT2D eigenvalue weighted by atomic mass is 9.57. The summed E-state index contributed by atoms with van der Waals surface area (Å²) in [5.74, 6) is 2.68. The highest BCUT2D eigenvalue weighted by Gasteiger charge is 2.62. The van der Waals surface area contributed by atoms with Gasteiger partial charge in [0.05, 0.1) is 5.92 Å². The third-order valence-corrected chi connectivity index (χ3v) is 4.70. The summed E-state index contributed by atoms with van der Waals surface area (Å²) in [6.45, 7) is 1.88. The number of hydrogen-bond donors (Lipinski definition) is 0. The molecule has 3 saturated carbocycles. The fraction of sp³-hybridized carbons (Fsp3) is 0.500. The summed E-state index contributed by atoms with van der Waals surface area (Å²) >= 11 is 0. The molecule has 92 valence electrons. The molecule has 18 heavy (non-hydrogen) atoms. The summed E-state index contributed by atoms with van der Waals surface area (Å²) in [6, 6.07) is 4.20. The minimum atomic E-state index is 0.206. The van der Waals surface area contributed by atoms with Crippen molar-refractivity contribution >= 4 is 0 Å². The van der Waals surface area contributed by atoms with Gasteiger partial charge in [-0.1, -0.05) is 11.2 Å². The van der Waals surface area contributed by atoms with Crippen molar-refractivity contribution in [3.05, 3.63) is 41.8 Å². The maximum Gasteiger partial charge on any atom is 0.230 e. The van der Waals surface area contributed by atoms with Crippen LogP contribution in [0.15, 0.2) is 29.0 Å². The number of aromatic nitrogens is 3. The quantitative estimate of drug-likeness (QED) is 0.811. The topological polar surface area (TPSA) is 51.8 Å². The van der Waals surface area contributed by atoms with Gasteiger partial charge in [0, 0.05) is 17.8 Å². The molecule has 2 aromatic rings. The van der Waals surface area contributed by atoms with E-state index < -0.39 is 0 Å². The van der Waals surface area contributed by atoms with Gasteiger partial charge in [0.15, 0.2) is 5.82 Å². The van der Waals surface area contributed by atoms with E-state index in [0.717, 1.165) is 11.7 Å². The van der Waals surface area contributed by atoms with Crippen molar-refractivity contribution < 1.29 is 4.52 Å². The average molecular weight is 241 g/mol. The van der Waals surface area contributed by atoms with E-state index in [1.807, 2.05) is 25.4 Å². The Hall–Kier alpha value is -1.71. The number of pyridine rings is 1. The molecule has 2 aromatic heterocycles. The molecule has 0 radical (unpaired) electrons. The van der Waals surface area contributed by atoms with Crippen LogP contribution in [0.5, 0.6) is 0 Å². The van der Waals surface area contributed by atoms with Gasteiger partial charge in [0.1, 0.15) is 0 Å². The summed E-state index contributed by atoms with van der Waals surface area (Å²) in [4.78, 5) is 8.71. The van der Waals surface area contributed by atoms with E-state index in [4.69, 9.17) is 4.52 Å². The molecular formula is C14H15N3O. The van der Waals surface area contributed by atoms with Crippen molar-refractivity contribution in [3.63, 3.8) is 0 Å². The van der Waals surface area contributed by atoms with Crippen molar-refractivity contribution in [3.8, 4) is 0 Å². The van der Waals surface area contributed by atoms with Crippen LogP contribution in [-0.4, -0.2) is 15.1 Å². The van der Waals surface area contributed by atoms with Crippen molar-refractivity contribution in [2.75, 3.05) is 0 Å². The first kappa shape index (κ1) is 10.2. The third kappa shape index (κ3) is 1.18. The van der Waals surface area contributed by atoms with E-state index in [1.54, 1.807) is 0 Å². The third-order valence-electron chi connectivity index (χ3n) is 4.70. The molecular weight excluding hydrogens is 226 g/mol. The molecule has 4 heteroatoms. The molecule has 3 aliphatic rings.